The Hall–Kier alpha value is -1.71. The normalized spacial score (nSPS) is 15.7. The molecule has 0 radical (unpaired) electrons. The number of halogens is 2. The lowest BCUT2D eigenvalue weighted by Gasteiger charge is -2.06. The third-order valence-electron chi connectivity index (χ3n) is 2.41. The fourth-order valence-electron chi connectivity index (χ4n) is 1.72. The van der Waals surface area contributed by atoms with Gasteiger partial charge in [-0.05, 0) is 29.7 Å². The fourth-order valence-corrected chi connectivity index (χ4v) is 1.72. The molecule has 2 nitrogen and oxygen atoms in total. The van der Waals surface area contributed by atoms with Crippen molar-refractivity contribution in [3.63, 3.8) is 0 Å². The highest BCUT2D eigenvalue weighted by Crippen LogP contribution is 2.31. The van der Waals surface area contributed by atoms with E-state index in [1.807, 2.05) is 0 Å². The first-order valence-electron chi connectivity index (χ1n) is 4.45. The Morgan fingerprint density at radius 3 is 2.87 bits per heavy atom. The van der Waals surface area contributed by atoms with E-state index in [9.17, 15) is 13.6 Å². The zero-order valence-corrected chi connectivity index (χ0v) is 7.71. The van der Waals surface area contributed by atoms with Crippen molar-refractivity contribution in [1.29, 1.82) is 0 Å². The molecule has 0 amide bonds. The van der Waals surface area contributed by atoms with Crippen LogP contribution in [0.15, 0.2) is 24.3 Å². The lowest BCUT2D eigenvalue weighted by molar-refractivity contribution is -0.140. The highest BCUT2D eigenvalue weighted by atomic mass is 19.1. The zero-order valence-electron chi connectivity index (χ0n) is 7.71. The van der Waals surface area contributed by atoms with Crippen LogP contribution in [0.3, 0.4) is 0 Å². The van der Waals surface area contributed by atoms with Gasteiger partial charge in [-0.1, -0.05) is 12.1 Å². The van der Waals surface area contributed by atoms with Gasteiger partial charge in [0.25, 0.3) is 0 Å². The molecule has 1 aliphatic rings. The first-order chi connectivity index (χ1) is 7.09. The number of carbonyl (C=O) groups is 1. The van der Waals surface area contributed by atoms with Crippen LogP contribution in [0.2, 0.25) is 0 Å². The molecule has 0 heterocycles. The summed E-state index contributed by atoms with van der Waals surface area (Å²) < 4.78 is 26.1. The Bertz CT molecular complexity index is 452. The molecule has 78 valence electrons. The summed E-state index contributed by atoms with van der Waals surface area (Å²) >= 11 is 0. The maximum atomic E-state index is 13.2. The standard InChI is InChI=1S/C11H8F2O2/c12-7-2-4-8-6(5-7)1-3-9(8)10(13)11(14)15/h2-5,10H,1H2,(H,14,15). The number of hydrogen-bond donors (Lipinski definition) is 1. The van der Waals surface area contributed by atoms with E-state index >= 15 is 0 Å². The highest BCUT2D eigenvalue weighted by molar-refractivity contribution is 5.92. The Balaban J connectivity index is 2.39. The summed E-state index contributed by atoms with van der Waals surface area (Å²) in [6.07, 6.45) is -0.157. The van der Waals surface area contributed by atoms with Crippen LogP contribution < -0.4 is 0 Å². The third-order valence-corrected chi connectivity index (χ3v) is 2.41. The lowest BCUT2D eigenvalue weighted by atomic mass is 10.0. The molecule has 0 aromatic heterocycles. The number of carboxylic acids is 1. The van der Waals surface area contributed by atoms with Crippen molar-refractivity contribution in [2.75, 3.05) is 0 Å². The van der Waals surface area contributed by atoms with Gasteiger partial charge in [0.1, 0.15) is 5.82 Å². The van der Waals surface area contributed by atoms with Crippen molar-refractivity contribution in [2.45, 2.75) is 12.6 Å². The molecule has 0 fully saturated rings. The Labute approximate surface area is 84.8 Å². The summed E-state index contributed by atoms with van der Waals surface area (Å²) in [5, 5.41) is 8.53. The van der Waals surface area contributed by atoms with Gasteiger partial charge in [0.15, 0.2) is 0 Å². The monoisotopic (exact) mass is 210 g/mol. The Morgan fingerprint density at radius 2 is 2.20 bits per heavy atom. The van der Waals surface area contributed by atoms with Crippen molar-refractivity contribution in [1.82, 2.24) is 0 Å². The van der Waals surface area contributed by atoms with E-state index in [1.165, 1.54) is 24.3 Å². The average Bonchev–Trinajstić information content (AvgIpc) is 2.59. The van der Waals surface area contributed by atoms with Crippen molar-refractivity contribution in [3.8, 4) is 0 Å². The van der Waals surface area contributed by atoms with Gasteiger partial charge in [0.2, 0.25) is 6.17 Å². The summed E-state index contributed by atoms with van der Waals surface area (Å²) in [5.41, 5.74) is 1.25. The summed E-state index contributed by atoms with van der Waals surface area (Å²) in [5.74, 6) is -1.91. The minimum Gasteiger partial charge on any atom is -0.479 e. The van der Waals surface area contributed by atoms with E-state index < -0.39 is 18.0 Å². The quantitative estimate of drug-likeness (QED) is 0.812. The van der Waals surface area contributed by atoms with Crippen LogP contribution in [-0.2, 0) is 11.2 Å². The van der Waals surface area contributed by atoms with Crippen molar-refractivity contribution < 1.29 is 18.7 Å². The van der Waals surface area contributed by atoms with Crippen LogP contribution in [0, 0.1) is 5.82 Å². The van der Waals surface area contributed by atoms with Crippen LogP contribution >= 0.6 is 0 Å². The molecular weight excluding hydrogens is 202 g/mol. The van der Waals surface area contributed by atoms with Gasteiger partial charge < -0.3 is 5.11 Å². The van der Waals surface area contributed by atoms with Crippen LogP contribution in [0.5, 0.6) is 0 Å². The van der Waals surface area contributed by atoms with Gasteiger partial charge in [0, 0.05) is 5.57 Å². The topological polar surface area (TPSA) is 37.3 Å². The largest absolute Gasteiger partial charge is 0.479 e. The molecular formula is C11H8F2O2. The lowest BCUT2D eigenvalue weighted by Crippen LogP contribution is -2.15. The summed E-state index contributed by atoms with van der Waals surface area (Å²) in [4.78, 5) is 10.5. The van der Waals surface area contributed by atoms with E-state index in [2.05, 4.69) is 0 Å². The molecule has 0 saturated carbocycles. The maximum Gasteiger partial charge on any atom is 0.343 e. The maximum absolute atomic E-state index is 13.2. The third kappa shape index (κ3) is 1.63. The molecule has 0 aliphatic heterocycles. The molecule has 1 atom stereocenters. The minimum absolute atomic E-state index is 0.123. The van der Waals surface area contributed by atoms with E-state index in [4.69, 9.17) is 5.11 Å². The number of allylic oxidation sites excluding steroid dienone is 1. The summed E-state index contributed by atoms with van der Waals surface area (Å²) in [6, 6.07) is 3.92. The average molecular weight is 210 g/mol. The molecule has 1 unspecified atom stereocenters. The molecule has 15 heavy (non-hydrogen) atoms. The van der Waals surface area contributed by atoms with Gasteiger partial charge in [-0.3, -0.25) is 0 Å². The minimum atomic E-state index is -2.03. The van der Waals surface area contributed by atoms with Crippen LogP contribution in [0.4, 0.5) is 8.78 Å². The second-order valence-electron chi connectivity index (χ2n) is 3.37. The molecule has 4 heteroatoms. The van der Waals surface area contributed by atoms with Crippen molar-refractivity contribution in [3.05, 3.63) is 41.2 Å². The van der Waals surface area contributed by atoms with Crippen molar-refractivity contribution in [2.24, 2.45) is 0 Å². The number of aliphatic carboxylic acids is 1. The molecule has 1 N–H and O–H groups in total. The van der Waals surface area contributed by atoms with Gasteiger partial charge >= 0.3 is 5.97 Å². The Kier molecular flexibility index (Phi) is 2.26. The van der Waals surface area contributed by atoms with Crippen molar-refractivity contribution >= 4 is 11.5 Å². The van der Waals surface area contributed by atoms with Crippen LogP contribution in [0.1, 0.15) is 11.1 Å². The zero-order chi connectivity index (χ0) is 11.0. The highest BCUT2D eigenvalue weighted by Gasteiger charge is 2.27. The number of carboxylic acid groups (broad SMARTS) is 1. The van der Waals surface area contributed by atoms with Crippen LogP contribution in [0.25, 0.3) is 5.57 Å². The van der Waals surface area contributed by atoms with Gasteiger partial charge in [-0.2, -0.15) is 0 Å². The molecule has 2 rings (SSSR count). The first-order valence-corrected chi connectivity index (χ1v) is 4.45. The van der Waals surface area contributed by atoms with E-state index in [1.54, 1.807) is 0 Å². The second kappa shape index (κ2) is 3.46. The number of hydrogen-bond acceptors (Lipinski definition) is 1. The molecule has 1 aromatic carbocycles. The SMILES string of the molecule is O=C(O)C(F)C1=CCc2cc(F)ccc21. The van der Waals surface area contributed by atoms with Gasteiger partial charge in [-0.15, -0.1) is 0 Å². The molecule has 0 saturated heterocycles. The predicted octanol–water partition coefficient (Wildman–Crippen LogP) is 2.19. The first kappa shape index (κ1) is 9.83. The van der Waals surface area contributed by atoms with Crippen LogP contribution in [-0.4, -0.2) is 17.2 Å². The predicted molar refractivity (Wildman–Crippen MR) is 50.6 cm³/mol. The van der Waals surface area contributed by atoms with E-state index in [-0.39, 0.29) is 5.57 Å². The number of rotatable bonds is 2. The smallest absolute Gasteiger partial charge is 0.343 e. The van der Waals surface area contributed by atoms with E-state index in [0.29, 0.717) is 17.5 Å². The fraction of sp³-hybridized carbons (Fsp3) is 0.182. The molecule has 1 aliphatic carbocycles. The molecule has 0 spiro atoms. The molecule has 0 bridgehead atoms. The number of alkyl halides is 1. The second-order valence-corrected chi connectivity index (χ2v) is 3.37. The summed E-state index contributed by atoms with van der Waals surface area (Å²) in [7, 11) is 0. The number of benzene rings is 1. The number of fused-ring (bicyclic) bond motifs is 1. The molecule has 1 aromatic rings. The van der Waals surface area contributed by atoms with Gasteiger partial charge in [0.05, 0.1) is 0 Å². The Morgan fingerprint density at radius 1 is 1.47 bits per heavy atom. The summed E-state index contributed by atoms with van der Waals surface area (Å²) in [6.45, 7) is 0. The van der Waals surface area contributed by atoms with E-state index in [0.717, 1.165) is 0 Å². The van der Waals surface area contributed by atoms with Gasteiger partial charge in [-0.25, -0.2) is 13.6 Å².